The first-order chi connectivity index (χ1) is 7.79. The second-order valence-corrected chi connectivity index (χ2v) is 5.12. The third-order valence-electron chi connectivity index (χ3n) is 2.55. The molecule has 0 radical (unpaired) electrons. The molecule has 1 heterocycles. The summed E-state index contributed by atoms with van der Waals surface area (Å²) in [6.45, 7) is 7.31. The van der Waals surface area contributed by atoms with Crippen molar-refractivity contribution in [2.24, 2.45) is 7.05 Å². The van der Waals surface area contributed by atoms with Gasteiger partial charge in [0, 0.05) is 31.9 Å². The number of aliphatic carboxylic acids is 1. The summed E-state index contributed by atoms with van der Waals surface area (Å²) in [5.41, 5.74) is 0.764. The van der Waals surface area contributed by atoms with Gasteiger partial charge in [0.15, 0.2) is 0 Å². The molecule has 1 N–H and O–H groups in total. The van der Waals surface area contributed by atoms with Crippen LogP contribution in [0.3, 0.4) is 0 Å². The van der Waals surface area contributed by atoms with Crippen molar-refractivity contribution >= 4 is 5.97 Å². The number of carboxylic acid groups (broad SMARTS) is 1. The van der Waals surface area contributed by atoms with E-state index >= 15 is 0 Å². The quantitative estimate of drug-likeness (QED) is 0.827. The molecule has 96 valence electrons. The van der Waals surface area contributed by atoms with Gasteiger partial charge in [-0.2, -0.15) is 0 Å². The fourth-order valence-electron chi connectivity index (χ4n) is 1.55. The highest BCUT2D eigenvalue weighted by atomic mass is 16.4. The predicted octanol–water partition coefficient (Wildman–Crippen LogP) is 0.890. The van der Waals surface area contributed by atoms with Gasteiger partial charge in [-0.1, -0.05) is 5.21 Å². The summed E-state index contributed by atoms with van der Waals surface area (Å²) in [6.07, 6.45) is 1.98. The van der Waals surface area contributed by atoms with E-state index in [-0.39, 0.29) is 12.0 Å². The van der Waals surface area contributed by atoms with Crippen LogP contribution in [0.15, 0.2) is 6.20 Å². The van der Waals surface area contributed by atoms with Gasteiger partial charge in [0.05, 0.1) is 12.1 Å². The minimum Gasteiger partial charge on any atom is -0.481 e. The van der Waals surface area contributed by atoms with Crippen molar-refractivity contribution < 1.29 is 9.90 Å². The van der Waals surface area contributed by atoms with E-state index in [1.807, 2.05) is 13.2 Å². The van der Waals surface area contributed by atoms with Gasteiger partial charge in [-0.3, -0.25) is 14.4 Å². The normalized spacial score (nSPS) is 12.1. The van der Waals surface area contributed by atoms with Gasteiger partial charge < -0.3 is 5.11 Å². The lowest BCUT2D eigenvalue weighted by Gasteiger charge is -2.34. The van der Waals surface area contributed by atoms with Gasteiger partial charge in [-0.05, 0) is 20.8 Å². The zero-order chi connectivity index (χ0) is 13.1. The molecular weight excluding hydrogens is 220 g/mol. The van der Waals surface area contributed by atoms with Crippen LogP contribution >= 0.6 is 0 Å². The molecule has 0 fully saturated rings. The summed E-state index contributed by atoms with van der Waals surface area (Å²) in [4.78, 5) is 12.7. The van der Waals surface area contributed by atoms with Crippen molar-refractivity contribution in [3.05, 3.63) is 11.9 Å². The highest BCUT2D eigenvalue weighted by Gasteiger charge is 2.22. The third-order valence-corrected chi connectivity index (χ3v) is 2.55. The van der Waals surface area contributed by atoms with Crippen LogP contribution in [-0.4, -0.2) is 43.1 Å². The first kappa shape index (κ1) is 13.6. The molecule has 1 aromatic heterocycles. The topological polar surface area (TPSA) is 71.2 Å². The standard InChI is InChI=1S/C11H20N4O2/c1-11(2,3)15(6-5-10(16)17)8-9-7-14(4)13-12-9/h7H,5-6,8H2,1-4H3,(H,16,17). The Hall–Kier alpha value is -1.43. The highest BCUT2D eigenvalue weighted by Crippen LogP contribution is 2.16. The van der Waals surface area contributed by atoms with E-state index in [0.717, 1.165) is 5.69 Å². The summed E-state index contributed by atoms with van der Waals surface area (Å²) in [7, 11) is 1.81. The lowest BCUT2D eigenvalue weighted by Crippen LogP contribution is -2.42. The van der Waals surface area contributed by atoms with Crippen molar-refractivity contribution in [1.29, 1.82) is 0 Å². The molecule has 0 unspecified atom stereocenters. The Morgan fingerprint density at radius 2 is 2.18 bits per heavy atom. The predicted molar refractivity (Wildman–Crippen MR) is 63.4 cm³/mol. The molecule has 0 saturated heterocycles. The summed E-state index contributed by atoms with van der Waals surface area (Å²) in [6, 6.07) is 0. The van der Waals surface area contributed by atoms with Crippen LogP contribution in [0.1, 0.15) is 32.9 Å². The average Bonchev–Trinajstić information content (AvgIpc) is 2.56. The Labute approximate surface area is 101 Å². The van der Waals surface area contributed by atoms with Gasteiger partial charge in [-0.15, -0.1) is 5.10 Å². The maximum atomic E-state index is 10.6. The van der Waals surface area contributed by atoms with Crippen LogP contribution in [0.2, 0.25) is 0 Å². The number of aromatic nitrogens is 3. The van der Waals surface area contributed by atoms with Crippen molar-refractivity contribution in [3.8, 4) is 0 Å². The summed E-state index contributed by atoms with van der Waals surface area (Å²) in [5.74, 6) is -0.779. The first-order valence-corrected chi connectivity index (χ1v) is 5.61. The molecule has 17 heavy (non-hydrogen) atoms. The molecule has 0 aliphatic rings. The molecular formula is C11H20N4O2. The molecule has 0 spiro atoms. The Morgan fingerprint density at radius 1 is 1.53 bits per heavy atom. The number of hydrogen-bond acceptors (Lipinski definition) is 4. The minimum absolute atomic E-state index is 0.0903. The summed E-state index contributed by atoms with van der Waals surface area (Å²) in [5, 5.41) is 16.6. The van der Waals surface area contributed by atoms with Crippen molar-refractivity contribution in [2.45, 2.75) is 39.3 Å². The second kappa shape index (κ2) is 5.27. The van der Waals surface area contributed by atoms with E-state index in [4.69, 9.17) is 5.11 Å². The van der Waals surface area contributed by atoms with Gasteiger partial charge in [-0.25, -0.2) is 0 Å². The molecule has 0 atom stereocenters. The van der Waals surface area contributed by atoms with Gasteiger partial charge >= 0.3 is 5.97 Å². The van der Waals surface area contributed by atoms with Crippen LogP contribution in [0.5, 0.6) is 0 Å². The van der Waals surface area contributed by atoms with E-state index < -0.39 is 5.97 Å². The van der Waals surface area contributed by atoms with Crippen LogP contribution in [0.25, 0.3) is 0 Å². The van der Waals surface area contributed by atoms with E-state index in [9.17, 15) is 4.79 Å². The van der Waals surface area contributed by atoms with E-state index in [2.05, 4.69) is 36.0 Å². The average molecular weight is 240 g/mol. The Morgan fingerprint density at radius 3 is 2.59 bits per heavy atom. The largest absolute Gasteiger partial charge is 0.481 e. The fraction of sp³-hybridized carbons (Fsp3) is 0.727. The first-order valence-electron chi connectivity index (χ1n) is 5.61. The number of aryl methyl sites for hydroxylation is 1. The molecule has 6 heteroatoms. The number of carboxylic acids is 1. The third kappa shape index (κ3) is 4.52. The molecule has 0 bridgehead atoms. The summed E-state index contributed by atoms with van der Waals surface area (Å²) >= 11 is 0. The van der Waals surface area contributed by atoms with Crippen LogP contribution < -0.4 is 0 Å². The zero-order valence-electron chi connectivity index (χ0n) is 10.8. The van der Waals surface area contributed by atoms with Crippen LogP contribution in [0.4, 0.5) is 0 Å². The van der Waals surface area contributed by atoms with Gasteiger partial charge in [0.1, 0.15) is 0 Å². The zero-order valence-corrected chi connectivity index (χ0v) is 10.8. The monoisotopic (exact) mass is 240 g/mol. The highest BCUT2D eigenvalue weighted by molar-refractivity contribution is 5.66. The summed E-state index contributed by atoms with van der Waals surface area (Å²) < 4.78 is 1.65. The number of nitrogens with zero attached hydrogens (tertiary/aromatic N) is 4. The molecule has 0 aromatic carbocycles. The van der Waals surface area contributed by atoms with Crippen molar-refractivity contribution in [1.82, 2.24) is 19.9 Å². The van der Waals surface area contributed by atoms with E-state index in [0.29, 0.717) is 13.1 Å². The van der Waals surface area contributed by atoms with Gasteiger partial charge in [0.25, 0.3) is 0 Å². The Balaban J connectivity index is 2.67. The van der Waals surface area contributed by atoms with Crippen LogP contribution in [0, 0.1) is 0 Å². The number of hydrogen-bond donors (Lipinski definition) is 1. The molecule has 0 saturated carbocycles. The Bertz CT molecular complexity index is 381. The second-order valence-electron chi connectivity index (χ2n) is 5.12. The maximum absolute atomic E-state index is 10.6. The number of carbonyl (C=O) groups is 1. The molecule has 0 aliphatic heterocycles. The molecule has 0 aliphatic carbocycles. The number of rotatable bonds is 5. The van der Waals surface area contributed by atoms with Crippen molar-refractivity contribution in [3.63, 3.8) is 0 Å². The smallest absolute Gasteiger partial charge is 0.304 e. The fourth-order valence-corrected chi connectivity index (χ4v) is 1.55. The van der Waals surface area contributed by atoms with Crippen molar-refractivity contribution in [2.75, 3.05) is 6.54 Å². The van der Waals surface area contributed by atoms with Crippen LogP contribution in [-0.2, 0) is 18.4 Å². The Kier molecular flexibility index (Phi) is 4.22. The van der Waals surface area contributed by atoms with E-state index in [1.165, 1.54) is 0 Å². The molecule has 1 aromatic rings. The molecule has 0 amide bonds. The SMILES string of the molecule is Cn1cc(CN(CCC(=O)O)C(C)(C)C)nn1. The van der Waals surface area contributed by atoms with Gasteiger partial charge in [0.2, 0.25) is 0 Å². The lowest BCUT2D eigenvalue weighted by molar-refractivity contribution is -0.137. The molecule has 1 rings (SSSR count). The van der Waals surface area contributed by atoms with E-state index in [1.54, 1.807) is 4.68 Å². The lowest BCUT2D eigenvalue weighted by atomic mass is 10.1. The molecule has 6 nitrogen and oxygen atoms in total. The maximum Gasteiger partial charge on any atom is 0.304 e. The minimum atomic E-state index is -0.779.